The minimum absolute atomic E-state index is 0.0587. The van der Waals surface area contributed by atoms with E-state index in [-0.39, 0.29) is 5.60 Å². The molecule has 0 aromatic carbocycles. The van der Waals surface area contributed by atoms with Crippen molar-refractivity contribution < 1.29 is 4.74 Å². The van der Waals surface area contributed by atoms with E-state index in [4.69, 9.17) is 4.74 Å². The van der Waals surface area contributed by atoms with Gasteiger partial charge in [0, 0.05) is 44.1 Å². The van der Waals surface area contributed by atoms with E-state index in [0.29, 0.717) is 0 Å². The molecule has 80 valence electrons. The number of pyridine rings is 1. The summed E-state index contributed by atoms with van der Waals surface area (Å²) in [6.07, 6.45) is 5.11. The van der Waals surface area contributed by atoms with Gasteiger partial charge in [-0.05, 0) is 13.1 Å². The average Bonchev–Trinajstić information content (AvgIpc) is 2.61. The van der Waals surface area contributed by atoms with E-state index in [1.54, 1.807) is 0 Å². The van der Waals surface area contributed by atoms with Crippen LogP contribution in [0.5, 0.6) is 5.88 Å². The lowest BCUT2D eigenvalue weighted by Gasteiger charge is -2.36. The molecule has 15 heavy (non-hydrogen) atoms. The van der Waals surface area contributed by atoms with Gasteiger partial charge in [0.15, 0.2) is 0 Å². The van der Waals surface area contributed by atoms with Crippen molar-refractivity contribution in [3.63, 3.8) is 0 Å². The zero-order chi connectivity index (χ0) is 10.3. The molecule has 1 saturated heterocycles. The topological polar surface area (TPSA) is 25.4 Å². The number of aromatic nitrogens is 1. The molecule has 2 aliphatic rings. The van der Waals surface area contributed by atoms with Gasteiger partial charge in [0.2, 0.25) is 5.88 Å². The highest BCUT2D eigenvalue weighted by Crippen LogP contribution is 2.39. The molecule has 0 unspecified atom stereocenters. The summed E-state index contributed by atoms with van der Waals surface area (Å²) < 4.78 is 6.05. The van der Waals surface area contributed by atoms with Crippen molar-refractivity contribution in [3.8, 4) is 5.88 Å². The Hall–Kier alpha value is -1.09. The largest absolute Gasteiger partial charge is 0.470 e. The molecule has 0 amide bonds. The first-order chi connectivity index (χ1) is 7.27. The third kappa shape index (κ3) is 1.51. The van der Waals surface area contributed by atoms with E-state index in [2.05, 4.69) is 23.0 Å². The molecule has 3 rings (SSSR count). The van der Waals surface area contributed by atoms with Crippen LogP contribution in [0.15, 0.2) is 18.3 Å². The predicted octanol–water partition coefficient (Wildman–Crippen LogP) is 1.48. The predicted molar refractivity (Wildman–Crippen MR) is 58.0 cm³/mol. The first kappa shape index (κ1) is 9.16. The molecule has 0 N–H and O–H groups in total. The van der Waals surface area contributed by atoms with E-state index >= 15 is 0 Å². The van der Waals surface area contributed by atoms with Gasteiger partial charge in [-0.3, -0.25) is 0 Å². The molecule has 1 aromatic rings. The number of hydrogen-bond donors (Lipinski definition) is 0. The highest BCUT2D eigenvalue weighted by atomic mass is 16.5. The maximum Gasteiger partial charge on any atom is 0.217 e. The molecule has 2 aliphatic heterocycles. The minimum atomic E-state index is 0.0587. The van der Waals surface area contributed by atoms with Crippen LogP contribution >= 0.6 is 0 Å². The lowest BCUT2D eigenvalue weighted by molar-refractivity contribution is 0.0242. The first-order valence-corrected chi connectivity index (χ1v) is 5.59. The van der Waals surface area contributed by atoms with Crippen LogP contribution in [0.25, 0.3) is 0 Å². The Morgan fingerprint density at radius 2 is 2.20 bits per heavy atom. The molecule has 0 atom stereocenters. The summed E-state index contributed by atoms with van der Waals surface area (Å²) >= 11 is 0. The number of hydrogen-bond acceptors (Lipinski definition) is 3. The Balaban J connectivity index is 1.83. The molecule has 0 aliphatic carbocycles. The monoisotopic (exact) mass is 204 g/mol. The number of fused-ring (bicyclic) bond motifs is 1. The highest BCUT2D eigenvalue weighted by Gasteiger charge is 2.41. The highest BCUT2D eigenvalue weighted by molar-refractivity contribution is 5.33. The van der Waals surface area contributed by atoms with Crippen molar-refractivity contribution >= 4 is 0 Å². The van der Waals surface area contributed by atoms with Gasteiger partial charge in [-0.1, -0.05) is 6.07 Å². The van der Waals surface area contributed by atoms with Gasteiger partial charge < -0.3 is 9.64 Å². The molecule has 1 fully saturated rings. The molecule has 3 nitrogen and oxygen atoms in total. The Kier molecular flexibility index (Phi) is 1.96. The Morgan fingerprint density at radius 1 is 1.40 bits per heavy atom. The average molecular weight is 204 g/mol. The van der Waals surface area contributed by atoms with Crippen molar-refractivity contribution in [1.29, 1.82) is 0 Å². The standard InChI is InChI=1S/C12H16N2O/c1-14-7-4-12(5-8-14)9-10-3-2-6-13-11(10)15-12/h2-3,6H,4-5,7-9H2,1H3. The molecule has 0 radical (unpaired) electrons. The van der Waals surface area contributed by atoms with Gasteiger partial charge in [0.25, 0.3) is 0 Å². The van der Waals surface area contributed by atoms with Crippen LogP contribution in [-0.2, 0) is 6.42 Å². The molecular weight excluding hydrogens is 188 g/mol. The Bertz CT molecular complexity index is 343. The summed E-state index contributed by atoms with van der Waals surface area (Å²) in [5.74, 6) is 0.863. The molecule has 3 heteroatoms. The lowest BCUT2D eigenvalue weighted by Crippen LogP contribution is -2.45. The van der Waals surface area contributed by atoms with Crippen LogP contribution in [0, 0.1) is 0 Å². The fraction of sp³-hybridized carbons (Fsp3) is 0.583. The smallest absolute Gasteiger partial charge is 0.217 e. The van der Waals surface area contributed by atoms with Crippen molar-refractivity contribution in [2.45, 2.75) is 24.9 Å². The number of piperidine rings is 1. The van der Waals surface area contributed by atoms with Crippen LogP contribution in [-0.4, -0.2) is 35.6 Å². The molecular formula is C12H16N2O. The summed E-state index contributed by atoms with van der Waals surface area (Å²) in [6.45, 7) is 2.27. The molecule has 0 bridgehead atoms. The van der Waals surface area contributed by atoms with Crippen LogP contribution in [0.1, 0.15) is 18.4 Å². The van der Waals surface area contributed by atoms with Crippen LogP contribution < -0.4 is 4.74 Å². The van der Waals surface area contributed by atoms with E-state index in [9.17, 15) is 0 Å². The zero-order valence-electron chi connectivity index (χ0n) is 9.07. The third-order valence-electron chi connectivity index (χ3n) is 3.57. The number of nitrogens with zero attached hydrogens (tertiary/aromatic N) is 2. The van der Waals surface area contributed by atoms with Gasteiger partial charge in [-0.2, -0.15) is 0 Å². The second-order valence-electron chi connectivity index (χ2n) is 4.73. The van der Waals surface area contributed by atoms with Crippen molar-refractivity contribution in [2.75, 3.05) is 20.1 Å². The molecule has 0 saturated carbocycles. The fourth-order valence-corrected chi connectivity index (χ4v) is 2.54. The van der Waals surface area contributed by atoms with Crippen molar-refractivity contribution in [3.05, 3.63) is 23.9 Å². The molecule has 1 aromatic heterocycles. The SMILES string of the molecule is CN1CCC2(CC1)Cc1cccnc1O2. The molecule has 1 spiro atoms. The number of ether oxygens (including phenoxy) is 1. The Morgan fingerprint density at radius 3 is 2.93 bits per heavy atom. The number of rotatable bonds is 0. The summed E-state index contributed by atoms with van der Waals surface area (Å²) in [7, 11) is 2.17. The number of likely N-dealkylation sites (tertiary alicyclic amines) is 1. The summed E-state index contributed by atoms with van der Waals surface area (Å²) in [6, 6.07) is 4.13. The second-order valence-corrected chi connectivity index (χ2v) is 4.73. The first-order valence-electron chi connectivity index (χ1n) is 5.59. The van der Waals surface area contributed by atoms with Gasteiger partial charge >= 0.3 is 0 Å². The normalized spacial score (nSPS) is 23.8. The lowest BCUT2D eigenvalue weighted by atomic mass is 9.87. The third-order valence-corrected chi connectivity index (χ3v) is 3.57. The van der Waals surface area contributed by atoms with E-state index in [1.807, 2.05) is 12.3 Å². The minimum Gasteiger partial charge on any atom is -0.470 e. The quantitative estimate of drug-likeness (QED) is 0.640. The van der Waals surface area contributed by atoms with E-state index in [1.165, 1.54) is 5.56 Å². The zero-order valence-corrected chi connectivity index (χ0v) is 9.07. The summed E-state index contributed by atoms with van der Waals surface area (Å²) in [4.78, 5) is 6.66. The summed E-state index contributed by atoms with van der Waals surface area (Å²) in [5, 5.41) is 0. The van der Waals surface area contributed by atoms with Crippen LogP contribution in [0.2, 0.25) is 0 Å². The van der Waals surface area contributed by atoms with Crippen molar-refractivity contribution in [1.82, 2.24) is 9.88 Å². The Labute approximate surface area is 90.1 Å². The van der Waals surface area contributed by atoms with Gasteiger partial charge in [0.1, 0.15) is 5.60 Å². The molecule has 3 heterocycles. The second kappa shape index (κ2) is 3.20. The summed E-state index contributed by atoms with van der Waals surface area (Å²) in [5.41, 5.74) is 1.34. The van der Waals surface area contributed by atoms with Crippen molar-refractivity contribution in [2.24, 2.45) is 0 Å². The fourth-order valence-electron chi connectivity index (χ4n) is 2.54. The van der Waals surface area contributed by atoms with Crippen LogP contribution in [0.4, 0.5) is 0 Å². The van der Waals surface area contributed by atoms with E-state index in [0.717, 1.165) is 38.2 Å². The van der Waals surface area contributed by atoms with Crippen LogP contribution in [0.3, 0.4) is 0 Å². The maximum absolute atomic E-state index is 6.05. The van der Waals surface area contributed by atoms with Gasteiger partial charge in [0.05, 0.1) is 0 Å². The maximum atomic E-state index is 6.05. The van der Waals surface area contributed by atoms with Gasteiger partial charge in [-0.15, -0.1) is 0 Å². The van der Waals surface area contributed by atoms with E-state index < -0.39 is 0 Å². The van der Waals surface area contributed by atoms with Gasteiger partial charge in [-0.25, -0.2) is 4.98 Å².